The van der Waals surface area contributed by atoms with Gasteiger partial charge in [0.1, 0.15) is 5.82 Å². The molecular formula is C18H21Cl2N7O. The van der Waals surface area contributed by atoms with E-state index in [-0.39, 0.29) is 12.1 Å². The summed E-state index contributed by atoms with van der Waals surface area (Å²) in [6, 6.07) is 6.50. The number of rotatable bonds is 6. The monoisotopic (exact) mass is 421 g/mol. The number of nitrogens with one attached hydrogen (secondary N) is 2. The fraction of sp³-hybridized carbons (Fsp3) is 0.278. The van der Waals surface area contributed by atoms with Gasteiger partial charge in [-0.15, -0.1) is 0 Å². The van der Waals surface area contributed by atoms with E-state index >= 15 is 0 Å². The van der Waals surface area contributed by atoms with Crippen LogP contribution in [-0.4, -0.2) is 47.1 Å². The van der Waals surface area contributed by atoms with Crippen LogP contribution in [0.2, 0.25) is 10.0 Å². The second-order valence-electron chi connectivity index (χ2n) is 6.41. The summed E-state index contributed by atoms with van der Waals surface area (Å²) in [7, 11) is 1.76. The van der Waals surface area contributed by atoms with Crippen molar-refractivity contribution >= 4 is 46.7 Å². The SMILES string of the molecule is CC(Nc1nccc(N2CCN(C)C2=O)n1)/C(N)=C/Nc1cc(Cl)cc(Cl)c1. The van der Waals surface area contributed by atoms with Gasteiger partial charge in [-0.2, -0.15) is 4.98 Å². The first kappa shape index (κ1) is 20.0. The lowest BCUT2D eigenvalue weighted by atomic mass is 10.2. The van der Waals surface area contributed by atoms with Gasteiger partial charge in [-0.1, -0.05) is 23.2 Å². The summed E-state index contributed by atoms with van der Waals surface area (Å²) in [6.45, 7) is 3.13. The molecule has 0 bridgehead atoms. The van der Waals surface area contributed by atoms with E-state index in [0.717, 1.165) is 5.69 Å². The van der Waals surface area contributed by atoms with Crippen molar-refractivity contribution in [3.63, 3.8) is 0 Å². The van der Waals surface area contributed by atoms with Crippen molar-refractivity contribution in [1.82, 2.24) is 14.9 Å². The van der Waals surface area contributed by atoms with Gasteiger partial charge >= 0.3 is 6.03 Å². The van der Waals surface area contributed by atoms with E-state index in [0.29, 0.717) is 40.6 Å². The molecule has 1 aromatic carbocycles. The van der Waals surface area contributed by atoms with Gasteiger partial charge < -0.3 is 21.3 Å². The van der Waals surface area contributed by atoms with Crippen molar-refractivity contribution in [2.45, 2.75) is 13.0 Å². The highest BCUT2D eigenvalue weighted by molar-refractivity contribution is 6.35. The molecule has 10 heteroatoms. The highest BCUT2D eigenvalue weighted by Gasteiger charge is 2.27. The molecule has 0 aliphatic carbocycles. The Morgan fingerprint density at radius 1 is 1.29 bits per heavy atom. The van der Waals surface area contributed by atoms with Gasteiger partial charge in [-0.05, 0) is 31.2 Å². The molecule has 1 saturated heterocycles. The Balaban J connectivity index is 1.66. The number of urea groups is 1. The van der Waals surface area contributed by atoms with Crippen molar-refractivity contribution in [2.75, 3.05) is 35.7 Å². The molecule has 1 aromatic heterocycles. The van der Waals surface area contributed by atoms with E-state index in [4.69, 9.17) is 28.9 Å². The molecule has 2 amide bonds. The van der Waals surface area contributed by atoms with Crippen molar-refractivity contribution < 1.29 is 4.79 Å². The van der Waals surface area contributed by atoms with Gasteiger partial charge in [0.25, 0.3) is 0 Å². The summed E-state index contributed by atoms with van der Waals surface area (Å²) in [5, 5.41) is 7.25. The number of anilines is 3. The summed E-state index contributed by atoms with van der Waals surface area (Å²) >= 11 is 12.0. The average molecular weight is 422 g/mol. The standard InChI is InChI=1S/C18H21Cl2N7O/c1-11(15(21)10-23-14-8-12(19)7-13(20)9-14)24-17-22-4-3-16(25-17)27-6-5-26(2)18(27)28/h3-4,7-11,23H,5-6,21H2,1-2H3,(H,22,24,25)/b15-10-. The Morgan fingerprint density at radius 2 is 2.00 bits per heavy atom. The first-order valence-corrected chi connectivity index (χ1v) is 9.39. The number of hydrogen-bond acceptors (Lipinski definition) is 6. The summed E-state index contributed by atoms with van der Waals surface area (Å²) in [5.74, 6) is 0.933. The number of nitrogens with zero attached hydrogens (tertiary/aromatic N) is 4. The van der Waals surface area contributed by atoms with Crippen LogP contribution < -0.4 is 21.3 Å². The Hall–Kier alpha value is -2.71. The maximum atomic E-state index is 12.1. The number of amides is 2. The van der Waals surface area contributed by atoms with E-state index in [1.807, 2.05) is 6.92 Å². The molecule has 2 heterocycles. The molecular weight excluding hydrogens is 401 g/mol. The second-order valence-corrected chi connectivity index (χ2v) is 7.28. The Kier molecular flexibility index (Phi) is 6.11. The lowest BCUT2D eigenvalue weighted by molar-refractivity contribution is 0.229. The number of carbonyl (C=O) groups is 1. The Labute approximate surface area is 173 Å². The summed E-state index contributed by atoms with van der Waals surface area (Å²) in [6.07, 6.45) is 3.26. The summed E-state index contributed by atoms with van der Waals surface area (Å²) in [5.41, 5.74) is 7.39. The molecule has 0 radical (unpaired) electrons. The fourth-order valence-corrected chi connectivity index (χ4v) is 3.16. The minimum atomic E-state index is -0.255. The molecule has 1 fully saturated rings. The Bertz CT molecular complexity index is 885. The van der Waals surface area contributed by atoms with Crippen LogP contribution in [0, 0.1) is 0 Å². The average Bonchev–Trinajstić information content (AvgIpc) is 2.98. The number of nitrogens with two attached hydrogens (primary N) is 1. The third-order valence-electron chi connectivity index (χ3n) is 4.25. The fourth-order valence-electron chi connectivity index (χ4n) is 2.63. The molecule has 1 atom stereocenters. The predicted molar refractivity (Wildman–Crippen MR) is 113 cm³/mol. The molecule has 8 nitrogen and oxygen atoms in total. The van der Waals surface area contributed by atoms with E-state index in [1.54, 1.807) is 53.5 Å². The molecule has 3 rings (SSSR count). The number of hydrogen-bond donors (Lipinski definition) is 3. The first-order valence-electron chi connectivity index (χ1n) is 8.64. The number of likely N-dealkylation sites (N-methyl/N-ethyl adjacent to an activating group) is 1. The number of halogens is 2. The van der Waals surface area contributed by atoms with E-state index in [2.05, 4.69) is 20.6 Å². The van der Waals surface area contributed by atoms with Gasteiger partial charge in [0.2, 0.25) is 5.95 Å². The van der Waals surface area contributed by atoms with Crippen LogP contribution in [0.25, 0.3) is 0 Å². The van der Waals surface area contributed by atoms with Crippen molar-refractivity contribution in [3.05, 3.63) is 52.4 Å². The molecule has 148 valence electrons. The summed E-state index contributed by atoms with van der Waals surface area (Å²) in [4.78, 5) is 24.0. The lowest BCUT2D eigenvalue weighted by Gasteiger charge is -2.18. The van der Waals surface area contributed by atoms with Gasteiger partial charge in [-0.3, -0.25) is 4.90 Å². The maximum absolute atomic E-state index is 12.1. The Morgan fingerprint density at radius 3 is 2.64 bits per heavy atom. The zero-order valence-corrected chi connectivity index (χ0v) is 17.0. The normalized spacial score (nSPS) is 15.7. The van der Waals surface area contributed by atoms with Crippen LogP contribution in [0.1, 0.15) is 6.92 Å². The first-order chi connectivity index (χ1) is 13.3. The molecule has 1 aliphatic rings. The van der Waals surface area contributed by atoms with Gasteiger partial charge in [-0.25, -0.2) is 9.78 Å². The molecule has 2 aromatic rings. The largest absolute Gasteiger partial charge is 0.399 e. The lowest BCUT2D eigenvalue weighted by Crippen LogP contribution is -2.30. The van der Waals surface area contributed by atoms with Crippen LogP contribution in [0.3, 0.4) is 0 Å². The third kappa shape index (κ3) is 4.76. The number of benzene rings is 1. The van der Waals surface area contributed by atoms with Crippen molar-refractivity contribution in [3.8, 4) is 0 Å². The quantitative estimate of drug-likeness (QED) is 0.660. The van der Waals surface area contributed by atoms with E-state index in [9.17, 15) is 4.79 Å². The highest BCUT2D eigenvalue weighted by atomic mass is 35.5. The molecule has 0 saturated carbocycles. The third-order valence-corrected chi connectivity index (χ3v) is 4.68. The van der Waals surface area contributed by atoms with Crippen molar-refractivity contribution in [2.24, 2.45) is 5.73 Å². The highest BCUT2D eigenvalue weighted by Crippen LogP contribution is 2.23. The van der Waals surface area contributed by atoms with Crippen LogP contribution in [0.4, 0.5) is 22.2 Å². The molecule has 1 unspecified atom stereocenters. The van der Waals surface area contributed by atoms with Crippen LogP contribution >= 0.6 is 23.2 Å². The number of carbonyl (C=O) groups excluding carboxylic acids is 1. The van der Waals surface area contributed by atoms with Crippen LogP contribution in [-0.2, 0) is 0 Å². The zero-order chi connectivity index (χ0) is 20.3. The zero-order valence-electron chi connectivity index (χ0n) is 15.5. The topological polar surface area (TPSA) is 99.4 Å². The van der Waals surface area contributed by atoms with Crippen molar-refractivity contribution in [1.29, 1.82) is 0 Å². The molecule has 4 N–H and O–H groups in total. The molecule has 0 spiro atoms. The van der Waals surface area contributed by atoms with Gasteiger partial charge in [0.15, 0.2) is 0 Å². The molecule has 28 heavy (non-hydrogen) atoms. The smallest absolute Gasteiger partial charge is 0.325 e. The van der Waals surface area contributed by atoms with Gasteiger partial charge in [0, 0.05) is 54.0 Å². The minimum Gasteiger partial charge on any atom is -0.399 e. The second kappa shape index (κ2) is 8.53. The van der Waals surface area contributed by atoms with Crippen LogP contribution in [0.5, 0.6) is 0 Å². The van der Waals surface area contributed by atoms with E-state index in [1.165, 1.54) is 0 Å². The molecule has 1 aliphatic heterocycles. The minimum absolute atomic E-state index is 0.0820. The van der Waals surface area contributed by atoms with Gasteiger partial charge in [0.05, 0.1) is 6.04 Å². The maximum Gasteiger partial charge on any atom is 0.325 e. The summed E-state index contributed by atoms with van der Waals surface area (Å²) < 4.78 is 0. The predicted octanol–water partition coefficient (Wildman–Crippen LogP) is 3.37. The van der Waals surface area contributed by atoms with Crippen LogP contribution in [0.15, 0.2) is 42.4 Å². The van der Waals surface area contributed by atoms with E-state index < -0.39 is 0 Å². The number of aromatic nitrogens is 2.